The van der Waals surface area contributed by atoms with Gasteiger partial charge in [0.2, 0.25) is 0 Å². The van der Waals surface area contributed by atoms with Gasteiger partial charge in [-0.1, -0.05) is 30.5 Å². The zero-order valence-electron chi connectivity index (χ0n) is 17.6. The summed E-state index contributed by atoms with van der Waals surface area (Å²) in [5.74, 6) is -1.88. The summed E-state index contributed by atoms with van der Waals surface area (Å²) >= 11 is 6.45. The van der Waals surface area contributed by atoms with Gasteiger partial charge < -0.3 is 0 Å². The van der Waals surface area contributed by atoms with Crippen molar-refractivity contribution in [3.05, 3.63) is 64.6 Å². The maximum Gasteiger partial charge on any atom is 0.261 e. The van der Waals surface area contributed by atoms with E-state index in [1.54, 1.807) is 25.3 Å². The minimum absolute atomic E-state index is 0.0701. The quantitative estimate of drug-likeness (QED) is 0.443. The van der Waals surface area contributed by atoms with Crippen LogP contribution >= 0.6 is 11.6 Å². The fourth-order valence-electron chi connectivity index (χ4n) is 4.44. The van der Waals surface area contributed by atoms with Gasteiger partial charge in [0.15, 0.2) is 0 Å². The molecular weight excluding hydrogens is 421 g/mol. The van der Waals surface area contributed by atoms with Gasteiger partial charge in [-0.05, 0) is 38.8 Å². The lowest BCUT2D eigenvalue weighted by Crippen LogP contribution is -2.35. The van der Waals surface area contributed by atoms with Gasteiger partial charge in [0.25, 0.3) is 5.91 Å². The first kappa shape index (κ1) is 21.9. The van der Waals surface area contributed by atoms with Crippen molar-refractivity contribution in [1.29, 1.82) is 0 Å². The summed E-state index contributed by atoms with van der Waals surface area (Å²) in [5.41, 5.74) is 1.88. The summed E-state index contributed by atoms with van der Waals surface area (Å²) in [4.78, 5) is 33.1. The Morgan fingerprint density at radius 2 is 2.06 bits per heavy atom. The topological polar surface area (TPSA) is 65.7 Å². The molecule has 2 aliphatic rings. The average Bonchev–Trinajstić information content (AvgIpc) is 3.43. The van der Waals surface area contributed by atoms with Gasteiger partial charge in [-0.3, -0.25) is 14.4 Å². The number of aromatic nitrogens is 2. The Hall–Kier alpha value is -2.35. The monoisotopic (exact) mass is 445 g/mol. The fourth-order valence-corrected chi connectivity index (χ4v) is 4.73. The number of carbonyl (C=O) groups is 1. The molecule has 31 heavy (non-hydrogen) atoms. The number of nitrogens with zero attached hydrogens (tertiary/aromatic N) is 3. The van der Waals surface area contributed by atoms with Crippen molar-refractivity contribution >= 4 is 23.2 Å². The van der Waals surface area contributed by atoms with E-state index in [0.29, 0.717) is 11.3 Å². The lowest BCUT2D eigenvalue weighted by molar-refractivity contribution is -0.326. The highest BCUT2D eigenvalue weighted by Gasteiger charge is 2.40. The molecule has 1 aromatic carbocycles. The van der Waals surface area contributed by atoms with Crippen molar-refractivity contribution < 1.29 is 19.0 Å². The van der Waals surface area contributed by atoms with Crippen LogP contribution in [0.4, 0.5) is 4.39 Å². The average molecular weight is 446 g/mol. The molecule has 4 rings (SSSR count). The third-order valence-corrected chi connectivity index (χ3v) is 6.35. The summed E-state index contributed by atoms with van der Waals surface area (Å²) in [6.07, 6.45) is 8.74. The Morgan fingerprint density at radius 1 is 1.29 bits per heavy atom. The molecule has 1 aliphatic carbocycles. The minimum atomic E-state index is -0.673. The SMILES string of the molecule is CC1=NC(C)=C(C(=O)n2ccnc2)C(c2c(F)cccc2Cl)C1COOC1CCCC1. The predicted octanol–water partition coefficient (Wildman–Crippen LogP) is 5.36. The molecular formula is C23H25ClFN3O3. The lowest BCUT2D eigenvalue weighted by Gasteiger charge is -2.33. The molecule has 0 N–H and O–H groups in total. The van der Waals surface area contributed by atoms with Crippen LogP contribution in [0.15, 0.2) is 53.2 Å². The van der Waals surface area contributed by atoms with E-state index in [2.05, 4.69) is 9.98 Å². The zero-order chi connectivity index (χ0) is 22.0. The van der Waals surface area contributed by atoms with Crippen molar-refractivity contribution in [3.63, 3.8) is 0 Å². The van der Waals surface area contributed by atoms with Crippen molar-refractivity contribution in [3.8, 4) is 0 Å². The van der Waals surface area contributed by atoms with Gasteiger partial charge in [0.05, 0.1) is 12.7 Å². The molecule has 2 atom stereocenters. The first-order chi connectivity index (χ1) is 15.0. The molecule has 1 saturated carbocycles. The Labute approximate surface area is 185 Å². The molecule has 6 nitrogen and oxygen atoms in total. The maximum absolute atomic E-state index is 15.1. The molecule has 0 spiro atoms. The van der Waals surface area contributed by atoms with Crippen molar-refractivity contribution in [2.75, 3.05) is 6.61 Å². The van der Waals surface area contributed by atoms with Gasteiger partial charge in [0, 0.05) is 51.8 Å². The number of carbonyl (C=O) groups excluding carboxylic acids is 1. The second kappa shape index (κ2) is 9.42. The molecule has 0 saturated heterocycles. The fraction of sp³-hybridized carbons (Fsp3) is 0.435. The van der Waals surface area contributed by atoms with Crippen LogP contribution in [0.5, 0.6) is 0 Å². The molecule has 2 heterocycles. The van der Waals surface area contributed by atoms with Gasteiger partial charge in [-0.25, -0.2) is 19.1 Å². The molecule has 1 aromatic heterocycles. The van der Waals surface area contributed by atoms with Gasteiger partial charge in [-0.2, -0.15) is 0 Å². The van der Waals surface area contributed by atoms with E-state index in [1.807, 2.05) is 6.92 Å². The molecule has 0 bridgehead atoms. The number of aliphatic imine (C=N–C) groups is 1. The highest BCUT2D eigenvalue weighted by Crippen LogP contribution is 2.43. The van der Waals surface area contributed by atoms with Crippen LogP contribution in [0.3, 0.4) is 0 Å². The Balaban J connectivity index is 1.72. The number of imidazole rings is 1. The maximum atomic E-state index is 15.1. The van der Waals surface area contributed by atoms with Gasteiger partial charge in [-0.15, -0.1) is 0 Å². The van der Waals surface area contributed by atoms with Crippen molar-refractivity contribution in [2.45, 2.75) is 51.6 Å². The summed E-state index contributed by atoms with van der Waals surface area (Å²) < 4.78 is 16.4. The van der Waals surface area contributed by atoms with Gasteiger partial charge >= 0.3 is 0 Å². The number of allylic oxidation sites excluding steroid dienone is 2. The Morgan fingerprint density at radius 3 is 2.74 bits per heavy atom. The van der Waals surface area contributed by atoms with E-state index in [4.69, 9.17) is 21.4 Å². The van der Waals surface area contributed by atoms with Crippen LogP contribution in [-0.2, 0) is 9.78 Å². The molecule has 1 aliphatic heterocycles. The van der Waals surface area contributed by atoms with Gasteiger partial charge in [0.1, 0.15) is 12.1 Å². The first-order valence-corrected chi connectivity index (χ1v) is 10.9. The molecule has 164 valence electrons. The summed E-state index contributed by atoms with van der Waals surface area (Å²) in [5, 5.41) is 0.255. The summed E-state index contributed by atoms with van der Waals surface area (Å²) in [6.45, 7) is 3.74. The van der Waals surface area contributed by atoms with E-state index in [-0.39, 0.29) is 29.2 Å². The molecule has 0 radical (unpaired) electrons. The number of benzene rings is 1. The normalized spacial score (nSPS) is 22.1. The van der Waals surface area contributed by atoms with E-state index in [1.165, 1.54) is 23.2 Å². The van der Waals surface area contributed by atoms with E-state index in [9.17, 15) is 4.79 Å². The van der Waals surface area contributed by atoms with Crippen LogP contribution in [0, 0.1) is 11.7 Å². The lowest BCUT2D eigenvalue weighted by atomic mass is 9.75. The third kappa shape index (κ3) is 4.49. The van der Waals surface area contributed by atoms with Crippen molar-refractivity contribution in [1.82, 2.24) is 9.55 Å². The standard InChI is InChI=1S/C23H25ClFN3O3/c1-14-17(12-30-31-16-6-3-4-7-16)21(22-18(24)8-5-9-19(22)25)20(15(2)27-14)23(29)28-11-10-26-13-28/h5,8-11,13,16-17,21H,3-4,6-7,12H2,1-2H3. The number of rotatable bonds is 6. The highest BCUT2D eigenvalue weighted by molar-refractivity contribution is 6.31. The van der Waals surface area contributed by atoms with Crippen LogP contribution in [0.2, 0.25) is 5.02 Å². The molecule has 2 aromatic rings. The third-order valence-electron chi connectivity index (χ3n) is 6.02. The zero-order valence-corrected chi connectivity index (χ0v) is 18.3. The predicted molar refractivity (Wildman–Crippen MR) is 116 cm³/mol. The number of hydrogen-bond acceptors (Lipinski definition) is 5. The first-order valence-electron chi connectivity index (χ1n) is 10.5. The van der Waals surface area contributed by atoms with Crippen LogP contribution in [0.1, 0.15) is 55.8 Å². The second-order valence-corrected chi connectivity index (χ2v) is 8.44. The smallest absolute Gasteiger partial charge is 0.261 e. The van der Waals surface area contributed by atoms with E-state index < -0.39 is 17.7 Å². The summed E-state index contributed by atoms with van der Waals surface area (Å²) in [6, 6.07) is 4.53. The van der Waals surface area contributed by atoms with Crippen LogP contribution in [0.25, 0.3) is 0 Å². The van der Waals surface area contributed by atoms with Crippen LogP contribution in [-0.4, -0.2) is 33.9 Å². The van der Waals surface area contributed by atoms with Crippen LogP contribution < -0.4 is 0 Å². The highest BCUT2D eigenvalue weighted by atomic mass is 35.5. The van der Waals surface area contributed by atoms with E-state index in [0.717, 1.165) is 31.4 Å². The molecule has 0 amide bonds. The molecule has 8 heteroatoms. The molecule has 1 fully saturated rings. The largest absolute Gasteiger partial charge is 0.272 e. The second-order valence-electron chi connectivity index (χ2n) is 8.03. The molecule has 2 unspecified atom stereocenters. The minimum Gasteiger partial charge on any atom is -0.272 e. The Bertz CT molecular complexity index is 993. The van der Waals surface area contributed by atoms with E-state index >= 15 is 4.39 Å². The Kier molecular flexibility index (Phi) is 6.65. The van der Waals surface area contributed by atoms with Crippen molar-refractivity contribution in [2.24, 2.45) is 10.9 Å². The number of hydrogen-bond donors (Lipinski definition) is 0. The number of halogens is 2. The summed E-state index contributed by atoms with van der Waals surface area (Å²) in [7, 11) is 0.